The van der Waals surface area contributed by atoms with Gasteiger partial charge in [0.1, 0.15) is 5.82 Å². The number of benzene rings is 2. The summed E-state index contributed by atoms with van der Waals surface area (Å²) in [6.07, 6.45) is 0. The first-order chi connectivity index (χ1) is 9.25. The molecule has 0 spiro atoms. The quantitative estimate of drug-likeness (QED) is 0.768. The number of aromatic amines is 1. The Kier molecular flexibility index (Phi) is 3.01. The average Bonchev–Trinajstić information content (AvgIpc) is 2.92. The normalized spacial score (nSPS) is 10.6. The van der Waals surface area contributed by atoms with E-state index in [1.807, 2.05) is 30.3 Å². The third-order valence-corrected chi connectivity index (χ3v) is 3.11. The monoisotopic (exact) mass is 273 g/mol. The number of nitrogens with zero attached hydrogens (tertiary/aromatic N) is 2. The van der Waals surface area contributed by atoms with Gasteiger partial charge in [-0.2, -0.15) is 5.10 Å². The summed E-state index contributed by atoms with van der Waals surface area (Å²) in [5, 5.41) is 6.93. The van der Waals surface area contributed by atoms with Gasteiger partial charge in [-0.05, 0) is 12.1 Å². The van der Waals surface area contributed by atoms with E-state index in [9.17, 15) is 4.39 Å². The number of hydrogen-bond donors (Lipinski definition) is 1. The molecule has 1 heterocycles. The highest BCUT2D eigenvalue weighted by atomic mass is 35.5. The van der Waals surface area contributed by atoms with Crippen molar-refractivity contribution in [2.24, 2.45) is 0 Å². The second-order valence-electron chi connectivity index (χ2n) is 3.98. The van der Waals surface area contributed by atoms with Crippen molar-refractivity contribution in [1.29, 1.82) is 0 Å². The van der Waals surface area contributed by atoms with Crippen molar-refractivity contribution < 1.29 is 4.39 Å². The summed E-state index contributed by atoms with van der Waals surface area (Å²) in [5.74, 6) is 0.524. The highest BCUT2D eigenvalue weighted by Crippen LogP contribution is 2.28. The molecule has 0 radical (unpaired) electrons. The first kappa shape index (κ1) is 11.9. The molecule has 0 unspecified atom stereocenters. The van der Waals surface area contributed by atoms with Gasteiger partial charge in [0.15, 0.2) is 11.6 Å². The van der Waals surface area contributed by atoms with Gasteiger partial charge in [0, 0.05) is 11.1 Å². The third kappa shape index (κ3) is 2.22. The smallest absolute Gasteiger partial charge is 0.181 e. The van der Waals surface area contributed by atoms with Gasteiger partial charge in [-0.25, -0.2) is 9.37 Å². The van der Waals surface area contributed by atoms with Crippen LogP contribution in [0.25, 0.3) is 22.8 Å². The summed E-state index contributed by atoms with van der Waals surface area (Å²) < 4.78 is 13.4. The van der Waals surface area contributed by atoms with Gasteiger partial charge in [0.05, 0.1) is 5.02 Å². The lowest BCUT2D eigenvalue weighted by Gasteiger charge is -2.00. The van der Waals surface area contributed by atoms with E-state index in [2.05, 4.69) is 15.2 Å². The van der Waals surface area contributed by atoms with Crippen LogP contribution >= 0.6 is 11.6 Å². The molecule has 1 N–H and O–H groups in total. The third-order valence-electron chi connectivity index (χ3n) is 2.72. The van der Waals surface area contributed by atoms with E-state index < -0.39 is 5.82 Å². The molecule has 94 valence electrons. The summed E-state index contributed by atoms with van der Waals surface area (Å²) in [6, 6.07) is 14.1. The lowest BCUT2D eigenvalue weighted by molar-refractivity contribution is 0.628. The molecule has 0 aliphatic carbocycles. The van der Waals surface area contributed by atoms with Crippen molar-refractivity contribution in [3.05, 3.63) is 59.4 Å². The van der Waals surface area contributed by atoms with E-state index in [4.69, 9.17) is 11.6 Å². The van der Waals surface area contributed by atoms with Gasteiger partial charge in [0.25, 0.3) is 0 Å². The van der Waals surface area contributed by atoms with Crippen LogP contribution in [-0.4, -0.2) is 15.2 Å². The second-order valence-corrected chi connectivity index (χ2v) is 4.35. The van der Waals surface area contributed by atoms with E-state index in [0.29, 0.717) is 17.2 Å². The summed E-state index contributed by atoms with van der Waals surface area (Å²) >= 11 is 5.92. The average molecular weight is 274 g/mol. The predicted molar refractivity (Wildman–Crippen MR) is 72.2 cm³/mol. The molecule has 3 rings (SSSR count). The molecule has 3 nitrogen and oxygen atoms in total. The lowest BCUT2D eigenvalue weighted by Crippen LogP contribution is -1.85. The summed E-state index contributed by atoms with van der Waals surface area (Å²) in [7, 11) is 0. The number of H-pyrrole nitrogens is 1. The first-order valence-corrected chi connectivity index (χ1v) is 6.06. The molecule has 0 atom stereocenters. The minimum Gasteiger partial charge on any atom is -0.259 e. The summed E-state index contributed by atoms with van der Waals surface area (Å²) in [5.41, 5.74) is 1.38. The fraction of sp³-hybridized carbons (Fsp3) is 0. The van der Waals surface area contributed by atoms with Crippen LogP contribution in [0.1, 0.15) is 0 Å². The lowest BCUT2D eigenvalue weighted by atomic mass is 10.2. The van der Waals surface area contributed by atoms with Crippen molar-refractivity contribution in [1.82, 2.24) is 15.2 Å². The molecule has 0 bridgehead atoms. The number of hydrogen-bond acceptors (Lipinski definition) is 2. The Labute approximate surface area is 114 Å². The van der Waals surface area contributed by atoms with Crippen molar-refractivity contribution in [2.75, 3.05) is 0 Å². The zero-order valence-corrected chi connectivity index (χ0v) is 10.5. The van der Waals surface area contributed by atoms with Gasteiger partial charge in [-0.1, -0.05) is 48.0 Å². The molecule has 0 saturated carbocycles. The van der Waals surface area contributed by atoms with Gasteiger partial charge < -0.3 is 0 Å². The van der Waals surface area contributed by atoms with Crippen molar-refractivity contribution in [3.63, 3.8) is 0 Å². The molecular formula is C14H9ClFN3. The number of halogens is 2. The molecule has 19 heavy (non-hydrogen) atoms. The van der Waals surface area contributed by atoms with E-state index in [1.54, 1.807) is 12.1 Å². The van der Waals surface area contributed by atoms with Crippen molar-refractivity contribution >= 4 is 11.6 Å². The van der Waals surface area contributed by atoms with Gasteiger partial charge in [-0.3, -0.25) is 5.10 Å². The molecule has 5 heteroatoms. The maximum atomic E-state index is 13.4. The fourth-order valence-corrected chi connectivity index (χ4v) is 2.00. The largest absolute Gasteiger partial charge is 0.259 e. The molecule has 0 saturated heterocycles. The van der Waals surface area contributed by atoms with Crippen molar-refractivity contribution in [2.45, 2.75) is 0 Å². The molecule has 0 fully saturated rings. The Balaban J connectivity index is 2.05. The van der Waals surface area contributed by atoms with Crippen LogP contribution in [-0.2, 0) is 0 Å². The van der Waals surface area contributed by atoms with E-state index in [0.717, 1.165) is 5.56 Å². The van der Waals surface area contributed by atoms with Crippen LogP contribution in [0.3, 0.4) is 0 Å². The van der Waals surface area contributed by atoms with Crippen LogP contribution in [0.5, 0.6) is 0 Å². The maximum Gasteiger partial charge on any atom is 0.181 e. The number of aromatic nitrogens is 3. The fourth-order valence-electron chi connectivity index (χ4n) is 1.79. The zero-order valence-electron chi connectivity index (χ0n) is 9.77. The maximum absolute atomic E-state index is 13.4. The summed E-state index contributed by atoms with van der Waals surface area (Å²) in [6.45, 7) is 0. The predicted octanol–water partition coefficient (Wildman–Crippen LogP) is 3.93. The molecule has 3 aromatic rings. The Hall–Kier alpha value is -2.20. The van der Waals surface area contributed by atoms with E-state index >= 15 is 0 Å². The van der Waals surface area contributed by atoms with Crippen LogP contribution in [0.4, 0.5) is 4.39 Å². The summed E-state index contributed by atoms with van der Waals surface area (Å²) in [4.78, 5) is 4.33. The Morgan fingerprint density at radius 3 is 2.58 bits per heavy atom. The highest BCUT2D eigenvalue weighted by molar-refractivity contribution is 6.33. The Morgan fingerprint density at radius 2 is 1.79 bits per heavy atom. The van der Waals surface area contributed by atoms with Gasteiger partial charge >= 0.3 is 0 Å². The number of nitrogens with one attached hydrogen (secondary N) is 1. The first-order valence-electron chi connectivity index (χ1n) is 5.68. The van der Waals surface area contributed by atoms with Crippen LogP contribution in [0.15, 0.2) is 48.5 Å². The minimum atomic E-state index is -0.475. The molecular weight excluding hydrogens is 265 g/mol. The van der Waals surface area contributed by atoms with E-state index in [-0.39, 0.29) is 5.02 Å². The standard InChI is InChI=1S/C14H9ClFN3/c15-12-10(7-4-8-11(12)16)14-17-13(18-19-14)9-5-2-1-3-6-9/h1-8H,(H,17,18,19). The molecule has 0 aliphatic heterocycles. The molecule has 0 amide bonds. The van der Waals surface area contributed by atoms with Crippen LogP contribution < -0.4 is 0 Å². The van der Waals surface area contributed by atoms with Crippen LogP contribution in [0, 0.1) is 5.82 Å². The minimum absolute atomic E-state index is 0.0401. The van der Waals surface area contributed by atoms with E-state index in [1.165, 1.54) is 6.07 Å². The zero-order chi connectivity index (χ0) is 13.2. The second kappa shape index (κ2) is 4.82. The Bertz CT molecular complexity index is 710. The van der Waals surface area contributed by atoms with Gasteiger partial charge in [0.2, 0.25) is 0 Å². The van der Waals surface area contributed by atoms with Crippen LogP contribution in [0.2, 0.25) is 5.02 Å². The molecule has 1 aromatic heterocycles. The highest BCUT2D eigenvalue weighted by Gasteiger charge is 2.12. The number of rotatable bonds is 2. The van der Waals surface area contributed by atoms with Gasteiger partial charge in [-0.15, -0.1) is 0 Å². The topological polar surface area (TPSA) is 41.6 Å². The molecule has 2 aromatic carbocycles. The van der Waals surface area contributed by atoms with Crippen molar-refractivity contribution in [3.8, 4) is 22.8 Å². The SMILES string of the molecule is Fc1cccc(-c2nc(-c3ccccc3)n[nH]2)c1Cl. The Morgan fingerprint density at radius 1 is 1.00 bits per heavy atom. The molecule has 0 aliphatic rings.